The summed E-state index contributed by atoms with van der Waals surface area (Å²) in [7, 11) is 0. The van der Waals surface area contributed by atoms with Crippen LogP contribution >= 0.6 is 11.3 Å². The molecule has 0 aliphatic heterocycles. The largest absolute Gasteiger partial charge is 0.478 e. The van der Waals surface area contributed by atoms with Gasteiger partial charge in [-0.3, -0.25) is 5.43 Å². The second-order valence-electron chi connectivity index (χ2n) is 5.49. The molecule has 10 heteroatoms. The van der Waals surface area contributed by atoms with Crippen LogP contribution in [0.1, 0.15) is 5.56 Å². The van der Waals surface area contributed by atoms with E-state index in [1.54, 1.807) is 0 Å². The van der Waals surface area contributed by atoms with Crippen molar-refractivity contribution in [1.29, 1.82) is 0 Å². The lowest BCUT2D eigenvalue weighted by Crippen LogP contribution is -2.20. The summed E-state index contributed by atoms with van der Waals surface area (Å²) >= 11 is 1.29. The van der Waals surface area contributed by atoms with E-state index in [0.29, 0.717) is 5.13 Å². The zero-order valence-corrected chi connectivity index (χ0v) is 14.8. The van der Waals surface area contributed by atoms with Gasteiger partial charge in [0.1, 0.15) is 0 Å². The van der Waals surface area contributed by atoms with Crippen LogP contribution in [0, 0.1) is 11.6 Å². The van der Waals surface area contributed by atoms with Gasteiger partial charge in [0, 0.05) is 16.5 Å². The van der Waals surface area contributed by atoms with E-state index in [-0.39, 0.29) is 5.56 Å². The summed E-state index contributed by atoms with van der Waals surface area (Å²) in [6.07, 6.45) is -3.58. The Morgan fingerprint density at radius 3 is 2.43 bits per heavy atom. The Bertz CT molecular complexity index is 950. The van der Waals surface area contributed by atoms with Crippen LogP contribution in [-0.4, -0.2) is 24.0 Å². The van der Waals surface area contributed by atoms with Crippen LogP contribution in [0.25, 0.3) is 11.3 Å². The number of thiazole rings is 1. The van der Waals surface area contributed by atoms with Gasteiger partial charge in [0.25, 0.3) is 0 Å². The highest BCUT2D eigenvalue weighted by molar-refractivity contribution is 7.14. The van der Waals surface area contributed by atoms with E-state index < -0.39 is 30.2 Å². The lowest BCUT2D eigenvalue weighted by molar-refractivity contribution is -0.154. The number of nitrogens with zero attached hydrogens (tertiary/aromatic N) is 2. The fourth-order valence-corrected chi connectivity index (χ4v) is 2.84. The maximum absolute atomic E-state index is 13.8. The molecule has 1 aromatic heterocycles. The number of nitrogens with one attached hydrogen (secondary N) is 1. The second-order valence-corrected chi connectivity index (χ2v) is 6.35. The molecule has 0 unspecified atom stereocenters. The molecule has 0 radical (unpaired) electrons. The lowest BCUT2D eigenvalue weighted by atomic mass is 10.2. The molecule has 0 saturated heterocycles. The molecule has 0 aliphatic carbocycles. The first-order valence-electron chi connectivity index (χ1n) is 7.80. The molecule has 0 amide bonds. The minimum Gasteiger partial charge on any atom is -0.478 e. The SMILES string of the molecule is Fc1cc(C=NNc2nc(-c3ccccc3)cs2)cc(F)c1OCC(F)(F)F. The van der Waals surface area contributed by atoms with E-state index in [0.717, 1.165) is 29.6 Å². The van der Waals surface area contributed by atoms with Gasteiger partial charge < -0.3 is 4.74 Å². The van der Waals surface area contributed by atoms with Crippen LogP contribution in [0.15, 0.2) is 52.9 Å². The van der Waals surface area contributed by atoms with Crippen LogP contribution in [0.4, 0.5) is 27.1 Å². The van der Waals surface area contributed by atoms with E-state index in [4.69, 9.17) is 0 Å². The molecule has 2 aromatic carbocycles. The number of hydrazone groups is 1. The van der Waals surface area contributed by atoms with E-state index in [1.165, 1.54) is 11.3 Å². The van der Waals surface area contributed by atoms with Gasteiger partial charge in [0.05, 0.1) is 11.9 Å². The van der Waals surface area contributed by atoms with E-state index in [1.807, 2.05) is 35.7 Å². The maximum atomic E-state index is 13.8. The van der Waals surface area contributed by atoms with Crippen LogP contribution < -0.4 is 10.2 Å². The quantitative estimate of drug-likeness (QED) is 0.331. The van der Waals surface area contributed by atoms with Gasteiger partial charge in [-0.15, -0.1) is 11.3 Å². The number of aromatic nitrogens is 1. The number of benzene rings is 2. The van der Waals surface area contributed by atoms with Crippen molar-refractivity contribution < 1.29 is 26.7 Å². The van der Waals surface area contributed by atoms with Crippen LogP contribution in [0.3, 0.4) is 0 Å². The molecule has 28 heavy (non-hydrogen) atoms. The molecule has 0 spiro atoms. The summed E-state index contributed by atoms with van der Waals surface area (Å²) in [6.45, 7) is -1.79. The summed E-state index contributed by atoms with van der Waals surface area (Å²) in [5, 5.41) is 6.11. The number of halogens is 5. The predicted octanol–water partition coefficient (Wildman–Crippen LogP) is 5.48. The van der Waals surface area contributed by atoms with Crippen molar-refractivity contribution in [2.75, 3.05) is 12.0 Å². The number of hydrogen-bond acceptors (Lipinski definition) is 5. The van der Waals surface area contributed by atoms with Gasteiger partial charge in [-0.1, -0.05) is 30.3 Å². The summed E-state index contributed by atoms with van der Waals surface area (Å²) in [5.41, 5.74) is 4.30. The molecule has 0 atom stereocenters. The number of ether oxygens (including phenoxy) is 1. The summed E-state index contributed by atoms with van der Waals surface area (Å²) in [5.74, 6) is -3.60. The molecular formula is C18H12F5N3OS. The van der Waals surface area contributed by atoms with Crippen molar-refractivity contribution in [1.82, 2.24) is 4.98 Å². The number of rotatable bonds is 6. The van der Waals surface area contributed by atoms with Crippen LogP contribution in [0.2, 0.25) is 0 Å². The molecule has 146 valence electrons. The topological polar surface area (TPSA) is 46.5 Å². The Morgan fingerprint density at radius 2 is 1.79 bits per heavy atom. The Kier molecular flexibility index (Phi) is 5.88. The van der Waals surface area contributed by atoms with E-state index in [2.05, 4.69) is 20.2 Å². The smallest absolute Gasteiger partial charge is 0.422 e. The Hall–Kier alpha value is -3.01. The lowest BCUT2D eigenvalue weighted by Gasteiger charge is -2.11. The van der Waals surface area contributed by atoms with Gasteiger partial charge in [0.2, 0.25) is 5.13 Å². The van der Waals surface area contributed by atoms with Crippen molar-refractivity contribution in [3.05, 3.63) is 65.0 Å². The number of alkyl halides is 3. The maximum Gasteiger partial charge on any atom is 0.422 e. The third kappa shape index (κ3) is 5.26. The van der Waals surface area contributed by atoms with Gasteiger partial charge in [-0.25, -0.2) is 13.8 Å². The molecule has 3 rings (SSSR count). The van der Waals surface area contributed by atoms with Gasteiger partial charge in [-0.2, -0.15) is 18.3 Å². The molecule has 0 fully saturated rings. The molecule has 3 aromatic rings. The summed E-state index contributed by atoms with van der Waals surface area (Å²) in [6, 6.07) is 11.1. The summed E-state index contributed by atoms with van der Waals surface area (Å²) < 4.78 is 68.1. The van der Waals surface area contributed by atoms with Crippen molar-refractivity contribution in [3.63, 3.8) is 0 Å². The second kappa shape index (κ2) is 8.34. The van der Waals surface area contributed by atoms with Crippen molar-refractivity contribution in [2.24, 2.45) is 5.10 Å². The minimum absolute atomic E-state index is 0.00157. The Morgan fingerprint density at radius 1 is 1.11 bits per heavy atom. The van der Waals surface area contributed by atoms with Crippen LogP contribution in [-0.2, 0) is 0 Å². The van der Waals surface area contributed by atoms with Gasteiger partial charge in [0.15, 0.2) is 24.0 Å². The van der Waals surface area contributed by atoms with Gasteiger partial charge >= 0.3 is 6.18 Å². The van der Waals surface area contributed by atoms with Gasteiger partial charge in [-0.05, 0) is 12.1 Å². The first-order valence-corrected chi connectivity index (χ1v) is 8.68. The number of hydrogen-bond donors (Lipinski definition) is 1. The molecule has 4 nitrogen and oxygen atoms in total. The normalized spacial score (nSPS) is 11.8. The molecule has 1 heterocycles. The summed E-state index contributed by atoms with van der Waals surface area (Å²) in [4.78, 5) is 4.33. The fourth-order valence-electron chi connectivity index (χ4n) is 2.17. The highest BCUT2D eigenvalue weighted by Crippen LogP contribution is 2.26. The molecular weight excluding hydrogens is 401 g/mol. The monoisotopic (exact) mass is 413 g/mol. The number of anilines is 1. The highest BCUT2D eigenvalue weighted by atomic mass is 32.1. The van der Waals surface area contributed by atoms with E-state index in [9.17, 15) is 22.0 Å². The van der Waals surface area contributed by atoms with Crippen molar-refractivity contribution in [2.45, 2.75) is 6.18 Å². The first-order chi connectivity index (χ1) is 13.3. The third-order valence-electron chi connectivity index (χ3n) is 3.35. The highest BCUT2D eigenvalue weighted by Gasteiger charge is 2.29. The van der Waals surface area contributed by atoms with Crippen LogP contribution in [0.5, 0.6) is 5.75 Å². The average molecular weight is 413 g/mol. The molecule has 1 N–H and O–H groups in total. The van der Waals surface area contributed by atoms with Crippen molar-refractivity contribution in [3.8, 4) is 17.0 Å². The zero-order chi connectivity index (χ0) is 20.1. The molecule has 0 aliphatic rings. The van der Waals surface area contributed by atoms with E-state index >= 15 is 0 Å². The predicted molar refractivity (Wildman–Crippen MR) is 96.7 cm³/mol. The Labute approximate surface area is 160 Å². The minimum atomic E-state index is -4.70. The molecule has 0 bridgehead atoms. The fraction of sp³-hybridized carbons (Fsp3) is 0.111. The standard InChI is InChI=1S/C18H12F5N3OS/c19-13-6-11(7-14(20)16(13)27-10-18(21,22)23)8-24-26-17-25-15(9-28-17)12-4-2-1-3-5-12/h1-9H,10H2,(H,25,26). The third-order valence-corrected chi connectivity index (χ3v) is 4.10. The first kappa shape index (κ1) is 19.7. The van der Waals surface area contributed by atoms with Crippen molar-refractivity contribution >= 4 is 22.7 Å². The average Bonchev–Trinajstić information content (AvgIpc) is 3.10. The zero-order valence-electron chi connectivity index (χ0n) is 14.0. The molecule has 0 saturated carbocycles. The Balaban J connectivity index is 1.65.